The SMILES string of the molecule is CN(Cc1ccco1)CC(C)(C)C=O. The molecule has 0 spiro atoms. The average molecular weight is 195 g/mol. The van der Waals surface area contributed by atoms with Crippen molar-refractivity contribution >= 4 is 6.29 Å². The molecule has 1 aromatic heterocycles. The molecule has 3 heteroatoms. The number of aldehydes is 1. The lowest BCUT2D eigenvalue weighted by Gasteiger charge is -2.24. The summed E-state index contributed by atoms with van der Waals surface area (Å²) in [4.78, 5) is 12.8. The smallest absolute Gasteiger partial charge is 0.126 e. The van der Waals surface area contributed by atoms with Crippen LogP contribution < -0.4 is 0 Å². The van der Waals surface area contributed by atoms with Gasteiger partial charge in [-0.3, -0.25) is 4.90 Å². The molecule has 14 heavy (non-hydrogen) atoms. The zero-order valence-electron chi connectivity index (χ0n) is 8.99. The van der Waals surface area contributed by atoms with Crippen LogP contribution in [0.25, 0.3) is 0 Å². The van der Waals surface area contributed by atoms with Crippen molar-refractivity contribution in [2.45, 2.75) is 20.4 Å². The summed E-state index contributed by atoms with van der Waals surface area (Å²) in [6.45, 7) is 5.33. The normalized spacial score (nSPS) is 12.0. The van der Waals surface area contributed by atoms with E-state index in [4.69, 9.17) is 4.42 Å². The Morgan fingerprint density at radius 2 is 2.29 bits per heavy atom. The summed E-state index contributed by atoms with van der Waals surface area (Å²) in [5, 5.41) is 0. The number of carbonyl (C=O) groups is 1. The number of nitrogens with zero attached hydrogens (tertiary/aromatic N) is 1. The summed E-state index contributed by atoms with van der Waals surface area (Å²) in [5.41, 5.74) is -0.290. The van der Waals surface area contributed by atoms with Crippen LogP contribution in [0.4, 0.5) is 0 Å². The first kappa shape index (κ1) is 11.0. The minimum Gasteiger partial charge on any atom is -0.468 e. The fourth-order valence-corrected chi connectivity index (χ4v) is 1.46. The Balaban J connectivity index is 2.43. The van der Waals surface area contributed by atoms with Gasteiger partial charge in [-0.25, -0.2) is 0 Å². The zero-order chi connectivity index (χ0) is 10.6. The monoisotopic (exact) mass is 195 g/mol. The van der Waals surface area contributed by atoms with Gasteiger partial charge in [0.1, 0.15) is 12.0 Å². The van der Waals surface area contributed by atoms with Crippen molar-refractivity contribution < 1.29 is 9.21 Å². The lowest BCUT2D eigenvalue weighted by Crippen LogP contribution is -2.31. The quantitative estimate of drug-likeness (QED) is 0.673. The number of carbonyl (C=O) groups excluding carboxylic acids is 1. The maximum absolute atomic E-state index is 10.7. The molecular weight excluding hydrogens is 178 g/mol. The molecule has 0 saturated heterocycles. The van der Waals surface area contributed by atoms with E-state index >= 15 is 0 Å². The minimum atomic E-state index is -0.290. The van der Waals surface area contributed by atoms with Crippen LogP contribution >= 0.6 is 0 Å². The highest BCUT2D eigenvalue weighted by atomic mass is 16.3. The lowest BCUT2D eigenvalue weighted by atomic mass is 9.95. The van der Waals surface area contributed by atoms with Crippen LogP contribution in [0.5, 0.6) is 0 Å². The third-order valence-electron chi connectivity index (χ3n) is 2.00. The van der Waals surface area contributed by atoms with Crippen molar-refractivity contribution in [3.63, 3.8) is 0 Å². The van der Waals surface area contributed by atoms with E-state index in [0.29, 0.717) is 0 Å². The summed E-state index contributed by atoms with van der Waals surface area (Å²) < 4.78 is 5.22. The highest BCUT2D eigenvalue weighted by molar-refractivity contribution is 5.58. The minimum absolute atomic E-state index is 0.290. The number of hydrogen-bond acceptors (Lipinski definition) is 3. The Hall–Kier alpha value is -1.09. The highest BCUT2D eigenvalue weighted by Gasteiger charge is 2.19. The number of hydrogen-bond donors (Lipinski definition) is 0. The number of furan rings is 1. The summed E-state index contributed by atoms with van der Waals surface area (Å²) in [5.74, 6) is 0.925. The number of rotatable bonds is 5. The molecule has 1 heterocycles. The van der Waals surface area contributed by atoms with Crippen molar-refractivity contribution in [3.05, 3.63) is 24.2 Å². The molecule has 0 bridgehead atoms. The Labute approximate surface area is 84.7 Å². The maximum atomic E-state index is 10.7. The Kier molecular flexibility index (Phi) is 3.47. The molecule has 78 valence electrons. The lowest BCUT2D eigenvalue weighted by molar-refractivity contribution is -0.115. The summed E-state index contributed by atoms with van der Waals surface area (Å²) in [6.07, 6.45) is 2.65. The van der Waals surface area contributed by atoms with Crippen LogP contribution in [-0.2, 0) is 11.3 Å². The predicted molar refractivity (Wildman–Crippen MR) is 54.9 cm³/mol. The first-order valence-corrected chi connectivity index (χ1v) is 4.71. The van der Waals surface area contributed by atoms with Crippen molar-refractivity contribution in [3.8, 4) is 0 Å². The van der Waals surface area contributed by atoms with E-state index in [9.17, 15) is 4.79 Å². The van der Waals surface area contributed by atoms with Crippen molar-refractivity contribution in [1.82, 2.24) is 4.90 Å². The van der Waals surface area contributed by atoms with Gasteiger partial charge in [0, 0.05) is 12.0 Å². The van der Waals surface area contributed by atoms with Crippen LogP contribution in [-0.4, -0.2) is 24.8 Å². The van der Waals surface area contributed by atoms with E-state index in [0.717, 1.165) is 25.1 Å². The Morgan fingerprint density at radius 1 is 1.57 bits per heavy atom. The molecule has 0 aromatic carbocycles. The molecular formula is C11H17NO2. The van der Waals surface area contributed by atoms with Gasteiger partial charge in [-0.2, -0.15) is 0 Å². The molecule has 3 nitrogen and oxygen atoms in total. The van der Waals surface area contributed by atoms with Crippen LogP contribution in [0.2, 0.25) is 0 Å². The molecule has 0 amide bonds. The van der Waals surface area contributed by atoms with E-state index in [1.54, 1.807) is 6.26 Å². The van der Waals surface area contributed by atoms with Gasteiger partial charge in [0.15, 0.2) is 0 Å². The predicted octanol–water partition coefficient (Wildman–Crippen LogP) is 1.94. The molecule has 0 atom stereocenters. The molecule has 0 saturated carbocycles. The van der Waals surface area contributed by atoms with E-state index in [2.05, 4.69) is 4.90 Å². The van der Waals surface area contributed by atoms with E-state index in [1.165, 1.54) is 0 Å². The van der Waals surface area contributed by atoms with Crippen LogP contribution in [0.15, 0.2) is 22.8 Å². The van der Waals surface area contributed by atoms with Crippen molar-refractivity contribution in [1.29, 1.82) is 0 Å². The van der Waals surface area contributed by atoms with Gasteiger partial charge in [0.25, 0.3) is 0 Å². The third-order valence-corrected chi connectivity index (χ3v) is 2.00. The van der Waals surface area contributed by atoms with Gasteiger partial charge in [0.2, 0.25) is 0 Å². The molecule has 0 aliphatic carbocycles. The largest absolute Gasteiger partial charge is 0.468 e. The first-order valence-electron chi connectivity index (χ1n) is 4.71. The van der Waals surface area contributed by atoms with Crippen molar-refractivity contribution in [2.75, 3.05) is 13.6 Å². The van der Waals surface area contributed by atoms with Crippen LogP contribution in [0.1, 0.15) is 19.6 Å². The molecule has 0 aliphatic heterocycles. The zero-order valence-corrected chi connectivity index (χ0v) is 8.99. The maximum Gasteiger partial charge on any atom is 0.126 e. The van der Waals surface area contributed by atoms with Crippen molar-refractivity contribution in [2.24, 2.45) is 5.41 Å². The van der Waals surface area contributed by atoms with Crippen LogP contribution in [0, 0.1) is 5.41 Å². The standard InChI is InChI=1S/C11H17NO2/c1-11(2,9-13)8-12(3)7-10-5-4-6-14-10/h4-6,9H,7-8H2,1-3H3. The summed E-state index contributed by atoms with van der Waals surface area (Å²) in [6, 6.07) is 3.80. The topological polar surface area (TPSA) is 33.5 Å². The van der Waals surface area contributed by atoms with E-state index in [-0.39, 0.29) is 5.41 Å². The third kappa shape index (κ3) is 3.34. The fraction of sp³-hybridized carbons (Fsp3) is 0.545. The molecule has 1 aromatic rings. The summed E-state index contributed by atoms with van der Waals surface area (Å²) in [7, 11) is 1.98. The van der Waals surface area contributed by atoms with Gasteiger partial charge in [-0.15, -0.1) is 0 Å². The molecule has 0 unspecified atom stereocenters. The Bertz CT molecular complexity index is 277. The fourth-order valence-electron chi connectivity index (χ4n) is 1.46. The van der Waals surface area contributed by atoms with E-state index < -0.39 is 0 Å². The van der Waals surface area contributed by atoms with Gasteiger partial charge >= 0.3 is 0 Å². The van der Waals surface area contributed by atoms with E-state index in [1.807, 2.05) is 33.0 Å². The molecule has 1 rings (SSSR count). The average Bonchev–Trinajstić information content (AvgIpc) is 2.55. The van der Waals surface area contributed by atoms with Gasteiger partial charge in [0.05, 0.1) is 12.8 Å². The Morgan fingerprint density at radius 3 is 2.79 bits per heavy atom. The second-order valence-electron chi connectivity index (χ2n) is 4.36. The first-order chi connectivity index (χ1) is 6.53. The van der Waals surface area contributed by atoms with Gasteiger partial charge in [-0.1, -0.05) is 13.8 Å². The molecule has 0 N–H and O–H groups in total. The van der Waals surface area contributed by atoms with Gasteiger partial charge in [-0.05, 0) is 19.2 Å². The second-order valence-corrected chi connectivity index (χ2v) is 4.36. The van der Waals surface area contributed by atoms with Crippen LogP contribution in [0.3, 0.4) is 0 Å². The van der Waals surface area contributed by atoms with Gasteiger partial charge < -0.3 is 9.21 Å². The molecule has 0 fully saturated rings. The highest BCUT2D eigenvalue weighted by Crippen LogP contribution is 2.14. The second kappa shape index (κ2) is 4.42. The molecule has 0 aliphatic rings. The molecule has 0 radical (unpaired) electrons. The summed E-state index contributed by atoms with van der Waals surface area (Å²) >= 11 is 0.